The maximum Gasteiger partial charge on any atom is 0.128 e. The molecule has 0 bridgehead atoms. The van der Waals surface area contributed by atoms with Crippen LogP contribution in [0, 0.1) is 0 Å². The van der Waals surface area contributed by atoms with Crippen LogP contribution in [0.5, 0.6) is 0 Å². The minimum Gasteiger partial charge on any atom is -0.373 e. The van der Waals surface area contributed by atoms with Gasteiger partial charge in [0.1, 0.15) is 11.6 Å². The molecular formula is C10H17N3. The average Bonchev–Trinajstić information content (AvgIpc) is 2.19. The lowest BCUT2D eigenvalue weighted by Gasteiger charge is -2.05. The number of nitrogens with zero attached hydrogens (tertiary/aromatic N) is 1. The summed E-state index contributed by atoms with van der Waals surface area (Å²) in [7, 11) is 1.87. The van der Waals surface area contributed by atoms with Crippen molar-refractivity contribution < 1.29 is 0 Å². The summed E-state index contributed by atoms with van der Waals surface area (Å²) in [6.45, 7) is 3.18. The van der Waals surface area contributed by atoms with E-state index in [-0.39, 0.29) is 0 Å². The molecule has 1 rings (SSSR count). The standard InChI is InChI=1S/C10H17N3/c1-3-4-8-12-10-7-5-6-9(11-2)13-10/h5-7H,3-4,8H2,1-2H3,(H2,11,12,13). The van der Waals surface area contributed by atoms with Gasteiger partial charge in [0, 0.05) is 13.6 Å². The SMILES string of the molecule is CCCCNc1cccc(NC)n1. The van der Waals surface area contributed by atoms with E-state index in [1.165, 1.54) is 12.8 Å². The molecule has 0 aliphatic heterocycles. The predicted molar refractivity (Wildman–Crippen MR) is 57.2 cm³/mol. The molecule has 3 nitrogen and oxygen atoms in total. The van der Waals surface area contributed by atoms with Gasteiger partial charge in [0.2, 0.25) is 0 Å². The number of hydrogen-bond donors (Lipinski definition) is 2. The third-order valence-electron chi connectivity index (χ3n) is 1.84. The third-order valence-corrected chi connectivity index (χ3v) is 1.84. The lowest BCUT2D eigenvalue weighted by Crippen LogP contribution is -2.03. The van der Waals surface area contributed by atoms with Gasteiger partial charge in [-0.25, -0.2) is 4.98 Å². The van der Waals surface area contributed by atoms with Crippen LogP contribution in [-0.2, 0) is 0 Å². The molecule has 1 aromatic rings. The van der Waals surface area contributed by atoms with Gasteiger partial charge < -0.3 is 10.6 Å². The summed E-state index contributed by atoms with van der Waals surface area (Å²) < 4.78 is 0. The van der Waals surface area contributed by atoms with Crippen LogP contribution in [0.2, 0.25) is 0 Å². The van der Waals surface area contributed by atoms with Gasteiger partial charge in [-0.05, 0) is 18.6 Å². The van der Waals surface area contributed by atoms with Gasteiger partial charge in [-0.1, -0.05) is 19.4 Å². The highest BCUT2D eigenvalue weighted by molar-refractivity contribution is 5.44. The van der Waals surface area contributed by atoms with Crippen LogP contribution in [0.3, 0.4) is 0 Å². The van der Waals surface area contributed by atoms with Gasteiger partial charge in [0.05, 0.1) is 0 Å². The number of rotatable bonds is 5. The summed E-state index contributed by atoms with van der Waals surface area (Å²) >= 11 is 0. The zero-order valence-electron chi connectivity index (χ0n) is 8.30. The molecule has 0 unspecified atom stereocenters. The maximum atomic E-state index is 4.34. The first-order chi connectivity index (χ1) is 6.36. The molecular weight excluding hydrogens is 162 g/mol. The molecule has 0 amide bonds. The molecule has 0 aromatic carbocycles. The van der Waals surface area contributed by atoms with Crippen molar-refractivity contribution in [2.75, 3.05) is 24.2 Å². The van der Waals surface area contributed by atoms with Crippen LogP contribution < -0.4 is 10.6 Å². The lowest BCUT2D eigenvalue weighted by molar-refractivity contribution is 0.831. The minimum absolute atomic E-state index is 0.904. The van der Waals surface area contributed by atoms with Crippen LogP contribution in [0.1, 0.15) is 19.8 Å². The smallest absolute Gasteiger partial charge is 0.128 e. The van der Waals surface area contributed by atoms with Crippen molar-refractivity contribution in [1.82, 2.24) is 4.98 Å². The molecule has 0 spiro atoms. The second-order valence-electron chi connectivity index (χ2n) is 2.94. The Morgan fingerprint density at radius 2 is 2.08 bits per heavy atom. The Kier molecular flexibility index (Phi) is 4.09. The Bertz CT molecular complexity index is 248. The van der Waals surface area contributed by atoms with Crippen molar-refractivity contribution in [3.8, 4) is 0 Å². The Hall–Kier alpha value is -1.25. The molecule has 0 saturated heterocycles. The van der Waals surface area contributed by atoms with E-state index in [1.807, 2.05) is 25.2 Å². The highest BCUT2D eigenvalue weighted by atomic mass is 15.0. The molecule has 2 N–H and O–H groups in total. The monoisotopic (exact) mass is 179 g/mol. The van der Waals surface area contributed by atoms with Crippen molar-refractivity contribution in [2.24, 2.45) is 0 Å². The number of aromatic nitrogens is 1. The lowest BCUT2D eigenvalue weighted by atomic mass is 10.3. The molecule has 72 valence electrons. The molecule has 0 aliphatic carbocycles. The van der Waals surface area contributed by atoms with Gasteiger partial charge >= 0.3 is 0 Å². The molecule has 0 aliphatic rings. The molecule has 1 heterocycles. The third kappa shape index (κ3) is 3.32. The van der Waals surface area contributed by atoms with E-state index < -0.39 is 0 Å². The molecule has 3 heteroatoms. The first-order valence-corrected chi connectivity index (χ1v) is 4.75. The molecule has 0 atom stereocenters. The summed E-state index contributed by atoms with van der Waals surface area (Å²) in [5.41, 5.74) is 0. The van der Waals surface area contributed by atoms with Gasteiger partial charge in [-0.3, -0.25) is 0 Å². The number of unbranched alkanes of at least 4 members (excludes halogenated alkanes) is 1. The number of anilines is 2. The quantitative estimate of drug-likeness (QED) is 0.681. The Morgan fingerprint density at radius 3 is 2.77 bits per heavy atom. The van der Waals surface area contributed by atoms with Crippen molar-refractivity contribution in [1.29, 1.82) is 0 Å². The zero-order chi connectivity index (χ0) is 9.52. The van der Waals surface area contributed by atoms with Crippen LogP contribution >= 0.6 is 0 Å². The van der Waals surface area contributed by atoms with Crippen molar-refractivity contribution in [2.45, 2.75) is 19.8 Å². The molecule has 1 aromatic heterocycles. The van der Waals surface area contributed by atoms with E-state index in [9.17, 15) is 0 Å². The Morgan fingerprint density at radius 1 is 1.31 bits per heavy atom. The van der Waals surface area contributed by atoms with Crippen LogP contribution in [-0.4, -0.2) is 18.6 Å². The molecule has 0 fully saturated rings. The highest BCUT2D eigenvalue weighted by Crippen LogP contribution is 2.07. The topological polar surface area (TPSA) is 37.0 Å². The normalized spacial score (nSPS) is 9.69. The van der Waals surface area contributed by atoms with E-state index in [2.05, 4.69) is 22.5 Å². The summed E-state index contributed by atoms with van der Waals surface area (Å²) in [5, 5.41) is 6.28. The van der Waals surface area contributed by atoms with Crippen molar-refractivity contribution in [3.05, 3.63) is 18.2 Å². The second-order valence-corrected chi connectivity index (χ2v) is 2.94. The summed E-state index contributed by atoms with van der Waals surface area (Å²) in [4.78, 5) is 4.34. The van der Waals surface area contributed by atoms with Gasteiger partial charge in [0.15, 0.2) is 0 Å². The summed E-state index contributed by atoms with van der Waals surface area (Å²) in [5.74, 6) is 1.85. The number of pyridine rings is 1. The Labute approximate surface area is 79.6 Å². The summed E-state index contributed by atoms with van der Waals surface area (Å²) in [6.07, 6.45) is 2.39. The fourth-order valence-electron chi connectivity index (χ4n) is 1.07. The van der Waals surface area contributed by atoms with E-state index in [0.717, 1.165) is 18.2 Å². The maximum absolute atomic E-state index is 4.34. The van der Waals surface area contributed by atoms with E-state index >= 15 is 0 Å². The zero-order valence-corrected chi connectivity index (χ0v) is 8.30. The minimum atomic E-state index is 0.904. The first-order valence-electron chi connectivity index (χ1n) is 4.75. The number of nitrogens with one attached hydrogen (secondary N) is 2. The van der Waals surface area contributed by atoms with Crippen molar-refractivity contribution >= 4 is 11.6 Å². The summed E-state index contributed by atoms with van der Waals surface area (Å²) in [6, 6.07) is 5.93. The molecule has 0 saturated carbocycles. The van der Waals surface area contributed by atoms with Crippen LogP contribution in [0.15, 0.2) is 18.2 Å². The van der Waals surface area contributed by atoms with E-state index in [0.29, 0.717) is 0 Å². The molecule has 13 heavy (non-hydrogen) atoms. The van der Waals surface area contributed by atoms with Crippen LogP contribution in [0.4, 0.5) is 11.6 Å². The second kappa shape index (κ2) is 5.41. The van der Waals surface area contributed by atoms with E-state index in [4.69, 9.17) is 0 Å². The van der Waals surface area contributed by atoms with Crippen LogP contribution in [0.25, 0.3) is 0 Å². The number of hydrogen-bond acceptors (Lipinski definition) is 3. The Balaban J connectivity index is 2.46. The van der Waals surface area contributed by atoms with Crippen molar-refractivity contribution in [3.63, 3.8) is 0 Å². The first kappa shape index (κ1) is 9.84. The largest absolute Gasteiger partial charge is 0.373 e. The fourth-order valence-corrected chi connectivity index (χ4v) is 1.07. The predicted octanol–water partition coefficient (Wildman–Crippen LogP) is 2.34. The molecule has 0 radical (unpaired) electrons. The van der Waals surface area contributed by atoms with Gasteiger partial charge in [0.25, 0.3) is 0 Å². The fraction of sp³-hybridized carbons (Fsp3) is 0.500. The average molecular weight is 179 g/mol. The van der Waals surface area contributed by atoms with Gasteiger partial charge in [-0.2, -0.15) is 0 Å². The van der Waals surface area contributed by atoms with E-state index in [1.54, 1.807) is 0 Å². The highest BCUT2D eigenvalue weighted by Gasteiger charge is 1.93. The van der Waals surface area contributed by atoms with Gasteiger partial charge in [-0.15, -0.1) is 0 Å².